The normalized spacial score (nSPS) is 19.5. The zero-order valence-corrected chi connectivity index (χ0v) is 46.5. The van der Waals surface area contributed by atoms with Crippen LogP contribution in [0.2, 0.25) is 0 Å². The van der Waals surface area contributed by atoms with Crippen LogP contribution >= 0.6 is 0 Å². The molecule has 1 aliphatic heterocycles. The average Bonchev–Trinajstić information content (AvgIpc) is 3.37. The summed E-state index contributed by atoms with van der Waals surface area (Å²) in [5.41, 5.74) is 0. The lowest BCUT2D eigenvalue weighted by atomic mass is 9.99. The molecule has 0 aliphatic carbocycles. The van der Waals surface area contributed by atoms with E-state index >= 15 is 0 Å². The monoisotopic (exact) mass is 1000 g/mol. The van der Waals surface area contributed by atoms with Gasteiger partial charge in [0.2, 0.25) is 5.91 Å². The third kappa shape index (κ3) is 41.4. The van der Waals surface area contributed by atoms with Crippen molar-refractivity contribution in [2.24, 2.45) is 0 Å². The summed E-state index contributed by atoms with van der Waals surface area (Å²) in [6.45, 7) is 3.80. The summed E-state index contributed by atoms with van der Waals surface area (Å²) in [6, 6.07) is -0.822. The molecule has 9 nitrogen and oxygen atoms in total. The lowest BCUT2D eigenvalue weighted by molar-refractivity contribution is -0.302. The van der Waals surface area contributed by atoms with Crippen molar-refractivity contribution in [2.45, 2.75) is 339 Å². The molecule has 9 heteroatoms. The van der Waals surface area contributed by atoms with E-state index in [1.165, 1.54) is 238 Å². The van der Waals surface area contributed by atoms with Gasteiger partial charge in [-0.3, -0.25) is 4.79 Å². The van der Waals surface area contributed by atoms with E-state index in [0.717, 1.165) is 38.5 Å². The van der Waals surface area contributed by atoms with E-state index in [9.17, 15) is 30.3 Å². The van der Waals surface area contributed by atoms with Gasteiger partial charge in [-0.05, 0) is 57.8 Å². The number of hydrogen-bond donors (Lipinski definition) is 6. The number of carbonyl (C=O) groups excluding carboxylic acids is 1. The van der Waals surface area contributed by atoms with Crippen LogP contribution in [0, 0.1) is 0 Å². The predicted octanol–water partition coefficient (Wildman–Crippen LogP) is 15.5. The van der Waals surface area contributed by atoms with Gasteiger partial charge in [-0.2, -0.15) is 0 Å². The first-order chi connectivity index (χ1) is 34.8. The Labute approximate surface area is 438 Å². The van der Waals surface area contributed by atoms with Crippen molar-refractivity contribution in [1.82, 2.24) is 5.32 Å². The summed E-state index contributed by atoms with van der Waals surface area (Å²) in [5.74, 6) is -0.183. The summed E-state index contributed by atoms with van der Waals surface area (Å²) in [5, 5.41) is 54.6. The molecule has 1 rings (SSSR count). The number of carbonyl (C=O) groups is 1. The van der Waals surface area contributed by atoms with Crippen LogP contribution in [0.25, 0.3) is 0 Å². The van der Waals surface area contributed by atoms with Gasteiger partial charge >= 0.3 is 0 Å². The van der Waals surface area contributed by atoms with Crippen LogP contribution in [-0.2, 0) is 14.3 Å². The lowest BCUT2D eigenvalue weighted by Crippen LogP contribution is -2.60. The minimum atomic E-state index is -1.57. The fourth-order valence-corrected chi connectivity index (χ4v) is 9.82. The molecule has 1 aliphatic rings. The van der Waals surface area contributed by atoms with Gasteiger partial charge in [0.05, 0.1) is 25.4 Å². The standard InChI is InChI=1S/C62H117NO8/c1-3-5-7-9-11-13-15-17-19-21-23-25-27-28-30-32-34-36-38-40-42-44-46-48-50-52-58(66)63-55(54-70-62-61(69)60(68)59(67)57(53-64)71-62)56(65)51-49-47-45-43-41-39-37-35-33-31-29-26-24-22-20-18-16-14-12-10-8-6-4-2/h21,23,41,43,49,51,55-57,59-62,64-65,67-69H,3-20,22,24-40,42,44-48,50,52-54H2,1-2H3,(H,63,66)/b23-21-,43-41+,51-49+. The van der Waals surface area contributed by atoms with Gasteiger partial charge in [0.1, 0.15) is 24.4 Å². The number of unbranched alkanes of at least 4 members (excludes halogenated alkanes) is 39. The van der Waals surface area contributed by atoms with E-state index < -0.39 is 49.5 Å². The Morgan fingerprint density at radius 2 is 0.803 bits per heavy atom. The second-order valence-electron chi connectivity index (χ2n) is 21.5. The summed E-state index contributed by atoms with van der Waals surface area (Å²) < 4.78 is 11.3. The van der Waals surface area contributed by atoms with Crippen LogP contribution < -0.4 is 5.32 Å². The predicted molar refractivity (Wildman–Crippen MR) is 300 cm³/mol. The van der Waals surface area contributed by atoms with E-state index in [1.807, 2.05) is 6.08 Å². The van der Waals surface area contributed by atoms with Gasteiger partial charge in [0, 0.05) is 6.42 Å². The highest BCUT2D eigenvalue weighted by Gasteiger charge is 2.44. The van der Waals surface area contributed by atoms with Gasteiger partial charge in [0.15, 0.2) is 6.29 Å². The zero-order chi connectivity index (χ0) is 51.5. The molecule has 0 aromatic rings. The minimum absolute atomic E-state index is 0.183. The Hall–Kier alpha value is -1.59. The van der Waals surface area contributed by atoms with E-state index in [0.29, 0.717) is 6.42 Å². The van der Waals surface area contributed by atoms with Crippen LogP contribution in [0.5, 0.6) is 0 Å². The molecule has 418 valence electrons. The van der Waals surface area contributed by atoms with Crippen LogP contribution in [0.1, 0.15) is 296 Å². The van der Waals surface area contributed by atoms with Gasteiger partial charge in [-0.1, -0.05) is 269 Å². The fraction of sp³-hybridized carbons (Fsp3) is 0.887. The van der Waals surface area contributed by atoms with E-state index in [2.05, 4.69) is 43.5 Å². The molecule has 0 bridgehead atoms. The number of allylic oxidation sites excluding steroid dienone is 5. The summed E-state index contributed by atoms with van der Waals surface area (Å²) in [7, 11) is 0. The molecule has 0 saturated carbocycles. The molecule has 1 heterocycles. The largest absolute Gasteiger partial charge is 0.394 e. The Bertz CT molecular complexity index is 1210. The Morgan fingerprint density at radius 3 is 1.18 bits per heavy atom. The topological polar surface area (TPSA) is 149 Å². The lowest BCUT2D eigenvalue weighted by Gasteiger charge is -2.40. The highest BCUT2D eigenvalue weighted by Crippen LogP contribution is 2.23. The first-order valence-electron chi connectivity index (χ1n) is 30.7. The SMILES string of the molecule is CCCCCCCCCC/C=C\CCCCCCCCCCCCCCCC(=O)NC(COC1OC(CO)C(O)C(O)C1O)C(O)/C=C/CC/C=C/CCCCCCCCCCCCCCCCCCC. The zero-order valence-electron chi connectivity index (χ0n) is 46.5. The smallest absolute Gasteiger partial charge is 0.220 e. The molecule has 0 aromatic heterocycles. The summed E-state index contributed by atoms with van der Waals surface area (Å²) in [4.78, 5) is 13.1. The van der Waals surface area contributed by atoms with Crippen molar-refractivity contribution >= 4 is 5.91 Å². The van der Waals surface area contributed by atoms with Crippen molar-refractivity contribution < 1.29 is 39.8 Å². The second kappa shape index (κ2) is 51.9. The van der Waals surface area contributed by atoms with E-state index in [4.69, 9.17) is 9.47 Å². The highest BCUT2D eigenvalue weighted by molar-refractivity contribution is 5.76. The van der Waals surface area contributed by atoms with Crippen LogP contribution in [-0.4, -0.2) is 87.5 Å². The molecule has 7 atom stereocenters. The first kappa shape index (κ1) is 67.4. The van der Waals surface area contributed by atoms with Crippen molar-refractivity contribution in [3.63, 3.8) is 0 Å². The number of rotatable bonds is 53. The molecule has 71 heavy (non-hydrogen) atoms. The maximum Gasteiger partial charge on any atom is 0.220 e. The number of nitrogens with one attached hydrogen (secondary N) is 1. The van der Waals surface area contributed by atoms with Crippen LogP contribution in [0.3, 0.4) is 0 Å². The van der Waals surface area contributed by atoms with Gasteiger partial charge < -0.3 is 40.3 Å². The number of aliphatic hydroxyl groups is 5. The minimum Gasteiger partial charge on any atom is -0.394 e. The van der Waals surface area contributed by atoms with E-state index in [1.54, 1.807) is 6.08 Å². The third-order valence-electron chi connectivity index (χ3n) is 14.7. The highest BCUT2D eigenvalue weighted by atomic mass is 16.7. The molecule has 1 saturated heterocycles. The Kier molecular flexibility index (Phi) is 49.3. The second-order valence-corrected chi connectivity index (χ2v) is 21.5. The maximum absolute atomic E-state index is 13.1. The van der Waals surface area contributed by atoms with Gasteiger partial charge in [-0.15, -0.1) is 0 Å². The van der Waals surface area contributed by atoms with Crippen molar-refractivity contribution in [3.05, 3.63) is 36.5 Å². The molecule has 0 spiro atoms. The summed E-state index contributed by atoms with van der Waals surface area (Å²) in [6.07, 6.45) is 60.8. The molecular formula is C62H117NO8. The maximum atomic E-state index is 13.1. The number of aliphatic hydroxyl groups excluding tert-OH is 5. The molecular weight excluding hydrogens is 887 g/mol. The fourth-order valence-electron chi connectivity index (χ4n) is 9.82. The Morgan fingerprint density at radius 1 is 0.465 bits per heavy atom. The molecule has 0 aromatic carbocycles. The molecule has 1 amide bonds. The molecule has 6 N–H and O–H groups in total. The third-order valence-corrected chi connectivity index (χ3v) is 14.7. The number of hydrogen-bond acceptors (Lipinski definition) is 8. The Balaban J connectivity index is 2.22. The molecule has 0 radical (unpaired) electrons. The number of ether oxygens (including phenoxy) is 2. The van der Waals surface area contributed by atoms with Gasteiger partial charge in [0.25, 0.3) is 0 Å². The van der Waals surface area contributed by atoms with Crippen LogP contribution in [0.15, 0.2) is 36.5 Å². The van der Waals surface area contributed by atoms with Crippen LogP contribution in [0.4, 0.5) is 0 Å². The number of amides is 1. The molecule has 7 unspecified atom stereocenters. The average molecular weight is 1000 g/mol. The van der Waals surface area contributed by atoms with Gasteiger partial charge in [-0.25, -0.2) is 0 Å². The van der Waals surface area contributed by atoms with E-state index in [-0.39, 0.29) is 12.5 Å². The van der Waals surface area contributed by atoms with Crippen molar-refractivity contribution in [2.75, 3.05) is 13.2 Å². The van der Waals surface area contributed by atoms with Crippen molar-refractivity contribution in [3.8, 4) is 0 Å². The molecule has 1 fully saturated rings. The first-order valence-corrected chi connectivity index (χ1v) is 30.7. The van der Waals surface area contributed by atoms with Crippen molar-refractivity contribution in [1.29, 1.82) is 0 Å². The summed E-state index contributed by atoms with van der Waals surface area (Å²) >= 11 is 0. The quantitative estimate of drug-likeness (QED) is 0.0261.